The van der Waals surface area contributed by atoms with E-state index in [0.29, 0.717) is 0 Å². The number of nitrogens with zero attached hydrogens (tertiary/aromatic N) is 2. The van der Waals surface area contributed by atoms with Gasteiger partial charge in [0.25, 0.3) is 0 Å². The number of hydrogen-bond acceptors (Lipinski definition) is 2. The molecule has 3 nitrogen and oxygen atoms in total. The number of nitrogen functional groups attached to an aromatic ring is 1. The SMILES string of the molecule is CCc1nc(-c2cccc(C)c2C)c(N)n1CC. The maximum atomic E-state index is 6.24. The van der Waals surface area contributed by atoms with E-state index in [4.69, 9.17) is 10.7 Å². The van der Waals surface area contributed by atoms with Gasteiger partial charge in [0, 0.05) is 18.5 Å². The average molecular weight is 243 g/mol. The van der Waals surface area contributed by atoms with Gasteiger partial charge in [-0.1, -0.05) is 25.1 Å². The lowest BCUT2D eigenvalue weighted by molar-refractivity contribution is 0.713. The molecule has 96 valence electrons. The molecule has 0 unspecified atom stereocenters. The van der Waals surface area contributed by atoms with E-state index in [1.165, 1.54) is 11.1 Å². The molecule has 0 radical (unpaired) electrons. The molecule has 0 fully saturated rings. The summed E-state index contributed by atoms with van der Waals surface area (Å²) in [6, 6.07) is 6.28. The van der Waals surface area contributed by atoms with Gasteiger partial charge in [-0.2, -0.15) is 0 Å². The molecule has 2 aromatic rings. The second kappa shape index (κ2) is 4.84. The van der Waals surface area contributed by atoms with Crippen LogP contribution in [-0.4, -0.2) is 9.55 Å². The van der Waals surface area contributed by atoms with Crippen LogP contribution in [0.2, 0.25) is 0 Å². The molecule has 0 aliphatic carbocycles. The Kier molecular flexibility index (Phi) is 3.41. The third-order valence-electron chi connectivity index (χ3n) is 3.58. The smallest absolute Gasteiger partial charge is 0.131 e. The Labute approximate surface area is 109 Å². The summed E-state index contributed by atoms with van der Waals surface area (Å²) in [4.78, 5) is 4.71. The predicted molar refractivity (Wildman–Crippen MR) is 76.6 cm³/mol. The highest BCUT2D eigenvalue weighted by Gasteiger charge is 2.15. The van der Waals surface area contributed by atoms with Crippen LogP contribution in [0.4, 0.5) is 5.82 Å². The number of nitrogens with two attached hydrogens (primary N) is 1. The molecule has 0 atom stereocenters. The van der Waals surface area contributed by atoms with Crippen molar-refractivity contribution < 1.29 is 0 Å². The van der Waals surface area contributed by atoms with Crippen LogP contribution in [-0.2, 0) is 13.0 Å². The van der Waals surface area contributed by atoms with E-state index >= 15 is 0 Å². The predicted octanol–water partition coefficient (Wildman–Crippen LogP) is 3.33. The van der Waals surface area contributed by atoms with Crippen molar-refractivity contribution in [3.63, 3.8) is 0 Å². The summed E-state index contributed by atoms with van der Waals surface area (Å²) in [5.74, 6) is 1.84. The van der Waals surface area contributed by atoms with Crippen LogP contribution < -0.4 is 5.73 Å². The minimum Gasteiger partial charge on any atom is -0.383 e. The van der Waals surface area contributed by atoms with Crippen LogP contribution in [0, 0.1) is 13.8 Å². The van der Waals surface area contributed by atoms with Crippen LogP contribution in [0.5, 0.6) is 0 Å². The highest BCUT2D eigenvalue weighted by molar-refractivity contribution is 5.74. The van der Waals surface area contributed by atoms with Crippen LogP contribution in [0.3, 0.4) is 0 Å². The lowest BCUT2D eigenvalue weighted by Crippen LogP contribution is -2.04. The van der Waals surface area contributed by atoms with Crippen molar-refractivity contribution >= 4 is 5.82 Å². The molecular formula is C15H21N3. The summed E-state index contributed by atoms with van der Waals surface area (Å²) in [7, 11) is 0. The lowest BCUT2D eigenvalue weighted by atomic mass is 10.0. The van der Waals surface area contributed by atoms with Gasteiger partial charge in [0.05, 0.1) is 0 Å². The highest BCUT2D eigenvalue weighted by Crippen LogP contribution is 2.30. The quantitative estimate of drug-likeness (QED) is 0.898. The van der Waals surface area contributed by atoms with E-state index in [1.54, 1.807) is 0 Å². The molecule has 0 aliphatic rings. The monoisotopic (exact) mass is 243 g/mol. The Morgan fingerprint density at radius 3 is 2.50 bits per heavy atom. The number of anilines is 1. The van der Waals surface area contributed by atoms with Crippen molar-refractivity contribution in [1.82, 2.24) is 9.55 Å². The minimum atomic E-state index is 0.781. The second-order valence-electron chi connectivity index (χ2n) is 4.61. The molecule has 3 heteroatoms. The van der Waals surface area contributed by atoms with Crippen molar-refractivity contribution in [2.45, 2.75) is 40.7 Å². The minimum absolute atomic E-state index is 0.781. The summed E-state index contributed by atoms with van der Waals surface area (Å²) in [5.41, 5.74) is 10.8. The molecular weight excluding hydrogens is 222 g/mol. The van der Waals surface area contributed by atoms with Gasteiger partial charge in [-0.25, -0.2) is 4.98 Å². The van der Waals surface area contributed by atoms with Crippen molar-refractivity contribution in [2.24, 2.45) is 0 Å². The summed E-state index contributed by atoms with van der Waals surface area (Å²) in [6.07, 6.45) is 0.906. The Morgan fingerprint density at radius 2 is 1.94 bits per heavy atom. The van der Waals surface area contributed by atoms with E-state index in [9.17, 15) is 0 Å². The summed E-state index contributed by atoms with van der Waals surface area (Å²) in [5, 5.41) is 0. The maximum Gasteiger partial charge on any atom is 0.131 e. The molecule has 2 N–H and O–H groups in total. The van der Waals surface area contributed by atoms with Gasteiger partial charge in [0.15, 0.2) is 0 Å². The fraction of sp³-hybridized carbons (Fsp3) is 0.400. The molecule has 1 heterocycles. The first-order valence-corrected chi connectivity index (χ1v) is 6.51. The van der Waals surface area contributed by atoms with E-state index in [2.05, 4.69) is 50.5 Å². The highest BCUT2D eigenvalue weighted by atomic mass is 15.1. The van der Waals surface area contributed by atoms with E-state index in [0.717, 1.165) is 35.9 Å². The van der Waals surface area contributed by atoms with Gasteiger partial charge < -0.3 is 10.3 Å². The zero-order valence-electron chi connectivity index (χ0n) is 11.6. The fourth-order valence-corrected chi connectivity index (χ4v) is 2.34. The number of hydrogen-bond donors (Lipinski definition) is 1. The zero-order valence-corrected chi connectivity index (χ0v) is 11.6. The molecule has 0 bridgehead atoms. The number of benzene rings is 1. The normalized spacial score (nSPS) is 10.9. The summed E-state index contributed by atoms with van der Waals surface area (Å²) < 4.78 is 2.09. The van der Waals surface area contributed by atoms with Gasteiger partial charge in [-0.15, -0.1) is 0 Å². The molecule has 1 aromatic heterocycles. The fourth-order valence-electron chi connectivity index (χ4n) is 2.34. The number of aromatic nitrogens is 2. The van der Waals surface area contributed by atoms with E-state index < -0.39 is 0 Å². The van der Waals surface area contributed by atoms with Gasteiger partial charge in [0.2, 0.25) is 0 Å². The molecule has 0 spiro atoms. The van der Waals surface area contributed by atoms with Crippen molar-refractivity contribution in [1.29, 1.82) is 0 Å². The molecule has 0 saturated carbocycles. The number of aryl methyl sites for hydroxylation is 2. The number of imidazole rings is 1. The molecule has 0 aliphatic heterocycles. The van der Waals surface area contributed by atoms with Gasteiger partial charge in [0.1, 0.15) is 17.3 Å². The Balaban J connectivity index is 2.64. The van der Waals surface area contributed by atoms with Gasteiger partial charge in [-0.3, -0.25) is 0 Å². The van der Waals surface area contributed by atoms with Crippen molar-refractivity contribution in [3.05, 3.63) is 35.2 Å². The topological polar surface area (TPSA) is 43.8 Å². The Bertz CT molecular complexity index is 567. The third-order valence-corrected chi connectivity index (χ3v) is 3.58. The second-order valence-corrected chi connectivity index (χ2v) is 4.61. The Morgan fingerprint density at radius 1 is 1.22 bits per heavy atom. The third kappa shape index (κ3) is 1.90. The van der Waals surface area contributed by atoms with Crippen LogP contribution in [0.25, 0.3) is 11.3 Å². The molecule has 0 saturated heterocycles. The van der Waals surface area contributed by atoms with E-state index in [-0.39, 0.29) is 0 Å². The van der Waals surface area contributed by atoms with Crippen molar-refractivity contribution in [2.75, 3.05) is 5.73 Å². The summed E-state index contributed by atoms with van der Waals surface area (Å²) >= 11 is 0. The van der Waals surface area contributed by atoms with E-state index in [1.807, 2.05) is 0 Å². The molecule has 0 amide bonds. The van der Waals surface area contributed by atoms with Crippen molar-refractivity contribution in [3.8, 4) is 11.3 Å². The zero-order chi connectivity index (χ0) is 13.3. The van der Waals surface area contributed by atoms with Crippen LogP contribution in [0.15, 0.2) is 18.2 Å². The first kappa shape index (κ1) is 12.7. The lowest BCUT2D eigenvalue weighted by Gasteiger charge is -2.08. The van der Waals surface area contributed by atoms with Gasteiger partial charge in [-0.05, 0) is 31.9 Å². The maximum absolute atomic E-state index is 6.24. The average Bonchev–Trinajstić information content (AvgIpc) is 2.69. The Hall–Kier alpha value is -1.77. The first-order chi connectivity index (χ1) is 8.60. The molecule has 1 aromatic carbocycles. The standard InChI is InChI=1S/C15H21N3/c1-5-13-17-14(15(16)18(13)6-2)12-9-7-8-10(3)11(12)4/h7-9H,5-6,16H2,1-4H3. The van der Waals surface area contributed by atoms with Crippen LogP contribution in [0.1, 0.15) is 30.8 Å². The largest absolute Gasteiger partial charge is 0.383 e. The summed E-state index contributed by atoms with van der Waals surface area (Å²) in [6.45, 7) is 9.32. The molecule has 18 heavy (non-hydrogen) atoms. The van der Waals surface area contributed by atoms with Gasteiger partial charge >= 0.3 is 0 Å². The number of rotatable bonds is 3. The first-order valence-electron chi connectivity index (χ1n) is 6.51. The molecule has 2 rings (SSSR count). The van der Waals surface area contributed by atoms with Crippen LogP contribution >= 0.6 is 0 Å².